The van der Waals surface area contributed by atoms with Gasteiger partial charge in [0.2, 0.25) is 5.95 Å². The number of fused-ring (bicyclic) bond motifs is 14. The van der Waals surface area contributed by atoms with Crippen LogP contribution in [0.3, 0.4) is 0 Å². The van der Waals surface area contributed by atoms with E-state index in [0.717, 1.165) is 38.7 Å². The van der Waals surface area contributed by atoms with Crippen LogP contribution in [0, 0.1) is 0 Å². The fourth-order valence-electron chi connectivity index (χ4n) is 8.56. The number of aromatic amines is 1. The number of rotatable bonds is 3. The number of hydrogen-bond donors (Lipinski definition) is 1. The standard InChI is InChI=1S/C48H28N4S/c1-2-12-28(13-3-1)45-34-17-6-9-19-38(34)50-48(51-45)52-40-20-10-7-14-31(40)36-26-30(23-25-41(36)52)29-22-24-39-37(27-29)43-44-35-18-8-11-21-42(35)53-47(44)33-16-5-4-15-32(33)46(43)49-39/h1-27,49H. The number of benzene rings is 8. The summed E-state index contributed by atoms with van der Waals surface area (Å²) in [6, 6.07) is 58.7. The van der Waals surface area contributed by atoms with Crippen molar-refractivity contribution in [3.8, 4) is 28.3 Å². The highest BCUT2D eigenvalue weighted by molar-refractivity contribution is 7.27. The largest absolute Gasteiger partial charge is 0.354 e. The van der Waals surface area contributed by atoms with E-state index in [4.69, 9.17) is 9.97 Å². The molecule has 246 valence electrons. The molecule has 0 fully saturated rings. The average molecular weight is 693 g/mol. The lowest BCUT2D eigenvalue weighted by Gasteiger charge is -2.12. The normalized spacial score (nSPS) is 12.2. The van der Waals surface area contributed by atoms with Crippen LogP contribution >= 0.6 is 11.3 Å². The zero-order chi connectivity index (χ0) is 34.6. The summed E-state index contributed by atoms with van der Waals surface area (Å²) in [4.78, 5) is 14.3. The number of aromatic nitrogens is 4. The number of nitrogens with zero attached hydrogens (tertiary/aromatic N) is 3. The summed E-state index contributed by atoms with van der Waals surface area (Å²) in [5.41, 5.74) is 9.80. The van der Waals surface area contributed by atoms with Gasteiger partial charge >= 0.3 is 0 Å². The van der Waals surface area contributed by atoms with Crippen molar-refractivity contribution in [2.24, 2.45) is 0 Å². The van der Waals surface area contributed by atoms with Gasteiger partial charge in [0.05, 0.1) is 27.8 Å². The van der Waals surface area contributed by atoms with Crippen LogP contribution in [0.4, 0.5) is 0 Å². The predicted molar refractivity (Wildman–Crippen MR) is 225 cm³/mol. The molecule has 0 atom stereocenters. The van der Waals surface area contributed by atoms with E-state index in [0.29, 0.717) is 5.95 Å². The summed E-state index contributed by atoms with van der Waals surface area (Å²) in [5, 5.41) is 11.2. The van der Waals surface area contributed by atoms with Gasteiger partial charge in [0.1, 0.15) is 0 Å². The molecule has 4 nitrogen and oxygen atoms in total. The Hall–Kier alpha value is -6.82. The highest BCUT2D eigenvalue weighted by Crippen LogP contribution is 2.47. The van der Waals surface area contributed by atoms with E-state index in [2.05, 4.69) is 161 Å². The first kappa shape index (κ1) is 28.8. The summed E-state index contributed by atoms with van der Waals surface area (Å²) < 4.78 is 4.89. The lowest BCUT2D eigenvalue weighted by atomic mass is 9.97. The molecule has 12 aromatic rings. The topological polar surface area (TPSA) is 46.5 Å². The molecule has 0 aliphatic heterocycles. The fraction of sp³-hybridized carbons (Fsp3) is 0. The molecule has 0 amide bonds. The van der Waals surface area contributed by atoms with Crippen molar-refractivity contribution in [3.63, 3.8) is 0 Å². The van der Waals surface area contributed by atoms with E-state index < -0.39 is 0 Å². The van der Waals surface area contributed by atoms with Gasteiger partial charge in [-0.2, -0.15) is 0 Å². The molecule has 4 aromatic heterocycles. The molecule has 0 saturated heterocycles. The highest BCUT2D eigenvalue weighted by Gasteiger charge is 2.20. The Kier molecular flexibility index (Phi) is 5.90. The van der Waals surface area contributed by atoms with Gasteiger partial charge in [0.25, 0.3) is 0 Å². The van der Waals surface area contributed by atoms with Crippen LogP contribution in [0.2, 0.25) is 0 Å². The minimum atomic E-state index is 0.668. The van der Waals surface area contributed by atoms with Crippen molar-refractivity contribution in [2.45, 2.75) is 0 Å². The molecule has 12 rings (SSSR count). The van der Waals surface area contributed by atoms with E-state index >= 15 is 0 Å². The third-order valence-corrected chi connectivity index (χ3v) is 12.1. The van der Waals surface area contributed by atoms with Gasteiger partial charge in [0, 0.05) is 69.0 Å². The van der Waals surface area contributed by atoms with E-state index in [1.807, 2.05) is 23.5 Å². The number of nitrogens with one attached hydrogen (secondary N) is 1. The van der Waals surface area contributed by atoms with Gasteiger partial charge in [0.15, 0.2) is 0 Å². The van der Waals surface area contributed by atoms with Gasteiger partial charge < -0.3 is 4.98 Å². The van der Waals surface area contributed by atoms with Crippen molar-refractivity contribution in [1.29, 1.82) is 0 Å². The summed E-state index contributed by atoms with van der Waals surface area (Å²) in [5.74, 6) is 0.668. The number of H-pyrrole nitrogens is 1. The molecule has 0 spiro atoms. The zero-order valence-electron chi connectivity index (χ0n) is 28.3. The first-order valence-electron chi connectivity index (χ1n) is 17.9. The molecule has 1 N–H and O–H groups in total. The van der Waals surface area contributed by atoms with Crippen LogP contribution < -0.4 is 0 Å². The van der Waals surface area contributed by atoms with Crippen molar-refractivity contribution < 1.29 is 0 Å². The van der Waals surface area contributed by atoms with Crippen LogP contribution in [0.15, 0.2) is 164 Å². The molecule has 53 heavy (non-hydrogen) atoms. The van der Waals surface area contributed by atoms with Gasteiger partial charge in [-0.25, -0.2) is 9.97 Å². The number of thiophene rings is 1. The average Bonchev–Trinajstić information content (AvgIpc) is 3.90. The van der Waals surface area contributed by atoms with E-state index in [1.54, 1.807) is 0 Å². The third-order valence-electron chi connectivity index (χ3n) is 10.9. The van der Waals surface area contributed by atoms with Crippen LogP contribution in [0.5, 0.6) is 0 Å². The molecule has 0 radical (unpaired) electrons. The Balaban J connectivity index is 1.10. The van der Waals surface area contributed by atoms with Crippen molar-refractivity contribution >= 4 is 96.8 Å². The maximum Gasteiger partial charge on any atom is 0.235 e. The maximum atomic E-state index is 5.26. The molecular formula is C48H28N4S. The lowest BCUT2D eigenvalue weighted by molar-refractivity contribution is 1.01. The van der Waals surface area contributed by atoms with Gasteiger partial charge in [-0.15, -0.1) is 11.3 Å². The van der Waals surface area contributed by atoms with Crippen LogP contribution in [-0.2, 0) is 0 Å². The Morgan fingerprint density at radius 3 is 1.98 bits per heavy atom. The molecule has 0 aliphatic carbocycles. The Morgan fingerprint density at radius 1 is 0.453 bits per heavy atom. The number of hydrogen-bond acceptors (Lipinski definition) is 3. The first-order chi connectivity index (χ1) is 26.3. The predicted octanol–water partition coefficient (Wildman–Crippen LogP) is 13.2. The van der Waals surface area contributed by atoms with Crippen molar-refractivity contribution in [2.75, 3.05) is 0 Å². The Bertz CT molecular complexity index is 3460. The zero-order valence-corrected chi connectivity index (χ0v) is 29.2. The minimum absolute atomic E-state index is 0.668. The highest BCUT2D eigenvalue weighted by atomic mass is 32.1. The molecule has 0 saturated carbocycles. The smallest absolute Gasteiger partial charge is 0.235 e. The second kappa shape index (κ2) is 10.8. The first-order valence-corrected chi connectivity index (χ1v) is 18.7. The SMILES string of the molecule is c1ccc(-c2nc(-n3c4ccccc4c4cc(-c5ccc6[nH]c7c8ccccc8c8sc9ccccc9c8c7c6c5)ccc43)nc3ccccc23)cc1. The maximum absolute atomic E-state index is 5.26. The van der Waals surface area contributed by atoms with Gasteiger partial charge in [-0.3, -0.25) is 4.57 Å². The second-order valence-electron chi connectivity index (χ2n) is 13.8. The molecule has 4 heterocycles. The van der Waals surface area contributed by atoms with Gasteiger partial charge in [-0.1, -0.05) is 121 Å². The second-order valence-corrected chi connectivity index (χ2v) is 14.9. The molecule has 5 heteroatoms. The summed E-state index contributed by atoms with van der Waals surface area (Å²) in [6.07, 6.45) is 0. The number of para-hydroxylation sites is 2. The van der Waals surface area contributed by atoms with E-state index in [1.165, 1.54) is 69.1 Å². The summed E-state index contributed by atoms with van der Waals surface area (Å²) in [6.45, 7) is 0. The van der Waals surface area contributed by atoms with E-state index in [9.17, 15) is 0 Å². The quantitative estimate of drug-likeness (QED) is 0.200. The van der Waals surface area contributed by atoms with Crippen LogP contribution in [0.25, 0.3) is 114 Å². The molecular weight excluding hydrogens is 665 g/mol. The van der Waals surface area contributed by atoms with Crippen LogP contribution in [-0.4, -0.2) is 19.5 Å². The third kappa shape index (κ3) is 4.11. The molecule has 0 aliphatic rings. The summed E-state index contributed by atoms with van der Waals surface area (Å²) in [7, 11) is 0. The van der Waals surface area contributed by atoms with E-state index in [-0.39, 0.29) is 0 Å². The fourth-order valence-corrected chi connectivity index (χ4v) is 9.81. The summed E-state index contributed by atoms with van der Waals surface area (Å²) >= 11 is 1.90. The van der Waals surface area contributed by atoms with Gasteiger partial charge in [-0.05, 0) is 53.6 Å². The Labute approximate surface area is 307 Å². The monoisotopic (exact) mass is 692 g/mol. The minimum Gasteiger partial charge on any atom is -0.354 e. The lowest BCUT2D eigenvalue weighted by Crippen LogP contribution is -2.03. The molecule has 0 unspecified atom stereocenters. The molecule has 0 bridgehead atoms. The van der Waals surface area contributed by atoms with Crippen LogP contribution in [0.1, 0.15) is 0 Å². The Morgan fingerprint density at radius 2 is 1.11 bits per heavy atom. The molecule has 8 aromatic carbocycles. The van der Waals surface area contributed by atoms with Crippen molar-refractivity contribution in [3.05, 3.63) is 164 Å². The van der Waals surface area contributed by atoms with Crippen molar-refractivity contribution in [1.82, 2.24) is 19.5 Å².